The average molecular weight is 177 g/mol. The quantitative estimate of drug-likeness (QED) is 0.647. The van der Waals surface area contributed by atoms with Crippen molar-refractivity contribution in [3.8, 4) is 5.69 Å². The lowest BCUT2D eigenvalue weighted by Crippen LogP contribution is -2.36. The minimum absolute atomic E-state index is 0.443. The summed E-state index contributed by atoms with van der Waals surface area (Å²) in [5.74, 6) is 0.0950. The van der Waals surface area contributed by atoms with Gasteiger partial charge in [-0.05, 0) is 4.68 Å². The summed E-state index contributed by atoms with van der Waals surface area (Å²) in [6.45, 7) is 1.73. The van der Waals surface area contributed by atoms with Gasteiger partial charge < -0.3 is 4.42 Å². The SMILES string of the molecule is Cc1oc(=O)[nH][n+]1-c1ccccc1. The maximum absolute atomic E-state index is 10.8. The van der Waals surface area contributed by atoms with Gasteiger partial charge in [0.05, 0.1) is 6.92 Å². The summed E-state index contributed by atoms with van der Waals surface area (Å²) < 4.78 is 6.42. The first kappa shape index (κ1) is 7.79. The Hall–Kier alpha value is -1.84. The number of nitrogens with one attached hydrogen (secondary N) is 1. The van der Waals surface area contributed by atoms with Crippen molar-refractivity contribution in [2.45, 2.75) is 6.92 Å². The highest BCUT2D eigenvalue weighted by atomic mass is 16.4. The maximum atomic E-state index is 10.8. The van der Waals surface area contributed by atoms with Crippen molar-refractivity contribution in [1.82, 2.24) is 5.10 Å². The van der Waals surface area contributed by atoms with Crippen molar-refractivity contribution in [3.05, 3.63) is 46.8 Å². The highest BCUT2D eigenvalue weighted by Gasteiger charge is 2.15. The number of aromatic nitrogens is 2. The Bertz CT molecular complexity index is 456. The van der Waals surface area contributed by atoms with Crippen LogP contribution in [0.4, 0.5) is 0 Å². The number of benzene rings is 1. The monoisotopic (exact) mass is 177 g/mol. The summed E-state index contributed by atoms with van der Waals surface area (Å²) >= 11 is 0. The number of hydrogen-bond acceptors (Lipinski definition) is 2. The van der Waals surface area contributed by atoms with E-state index in [-0.39, 0.29) is 0 Å². The molecule has 0 saturated heterocycles. The standard InChI is InChI=1S/C9H8N2O2/c1-7-11(10-9(12)13-7)8-5-3-2-4-6-8/h2-6H,1H3/p+1. The number of rotatable bonds is 1. The van der Waals surface area contributed by atoms with Gasteiger partial charge in [-0.3, -0.25) is 0 Å². The predicted molar refractivity (Wildman–Crippen MR) is 45.6 cm³/mol. The summed E-state index contributed by atoms with van der Waals surface area (Å²) in [5, 5.41) is 2.56. The smallest absolute Gasteiger partial charge is 0.352 e. The molecule has 0 amide bonds. The normalized spacial score (nSPS) is 10.2. The van der Waals surface area contributed by atoms with Crippen LogP contribution in [0.25, 0.3) is 5.69 Å². The van der Waals surface area contributed by atoms with Gasteiger partial charge in [-0.15, -0.1) is 0 Å². The maximum Gasteiger partial charge on any atom is 0.470 e. The second kappa shape index (κ2) is 2.90. The number of H-pyrrole nitrogens is 1. The zero-order valence-electron chi connectivity index (χ0n) is 7.15. The summed E-state index contributed by atoms with van der Waals surface area (Å²) in [4.78, 5) is 10.8. The lowest BCUT2D eigenvalue weighted by molar-refractivity contribution is -0.667. The van der Waals surface area contributed by atoms with E-state index in [1.165, 1.54) is 0 Å². The van der Waals surface area contributed by atoms with E-state index >= 15 is 0 Å². The average Bonchev–Trinajstić information content (AvgIpc) is 2.47. The number of aromatic amines is 1. The largest absolute Gasteiger partial charge is 0.470 e. The first-order chi connectivity index (χ1) is 6.27. The zero-order valence-corrected chi connectivity index (χ0v) is 7.15. The number of aryl methyl sites for hydroxylation is 1. The molecule has 1 aromatic heterocycles. The lowest BCUT2D eigenvalue weighted by atomic mass is 10.3. The van der Waals surface area contributed by atoms with Crippen molar-refractivity contribution >= 4 is 0 Å². The van der Waals surface area contributed by atoms with Crippen molar-refractivity contribution in [3.63, 3.8) is 0 Å². The number of para-hydroxylation sites is 1. The minimum Gasteiger partial charge on any atom is -0.352 e. The van der Waals surface area contributed by atoms with E-state index in [9.17, 15) is 4.79 Å². The van der Waals surface area contributed by atoms with Crippen LogP contribution in [0, 0.1) is 6.92 Å². The lowest BCUT2D eigenvalue weighted by Gasteiger charge is -1.87. The minimum atomic E-state index is -0.443. The van der Waals surface area contributed by atoms with Crippen molar-refractivity contribution < 1.29 is 9.10 Å². The van der Waals surface area contributed by atoms with Crippen LogP contribution in [-0.4, -0.2) is 5.10 Å². The van der Waals surface area contributed by atoms with Crippen molar-refractivity contribution in [2.75, 3.05) is 0 Å². The van der Waals surface area contributed by atoms with Gasteiger partial charge in [-0.2, -0.15) is 0 Å². The molecule has 1 heterocycles. The van der Waals surface area contributed by atoms with E-state index in [0.29, 0.717) is 5.89 Å². The van der Waals surface area contributed by atoms with E-state index in [2.05, 4.69) is 5.10 Å². The molecule has 1 aromatic carbocycles. The molecule has 4 heteroatoms. The zero-order chi connectivity index (χ0) is 9.26. The van der Waals surface area contributed by atoms with E-state index in [0.717, 1.165) is 5.69 Å². The van der Waals surface area contributed by atoms with Crippen molar-refractivity contribution in [1.29, 1.82) is 0 Å². The van der Waals surface area contributed by atoms with Crippen LogP contribution in [0.1, 0.15) is 5.89 Å². The molecule has 66 valence electrons. The topological polar surface area (TPSA) is 49.9 Å². The summed E-state index contributed by atoms with van der Waals surface area (Å²) in [6, 6.07) is 9.48. The van der Waals surface area contributed by atoms with Gasteiger partial charge in [0, 0.05) is 12.1 Å². The van der Waals surface area contributed by atoms with Crippen LogP contribution in [0.15, 0.2) is 39.5 Å². The number of nitrogens with zero attached hydrogens (tertiary/aromatic N) is 1. The molecule has 1 N–H and O–H groups in total. The molecule has 0 aliphatic heterocycles. The summed E-state index contributed by atoms with van der Waals surface area (Å²) in [6.07, 6.45) is 0. The third-order valence-corrected chi connectivity index (χ3v) is 1.77. The van der Waals surface area contributed by atoms with Gasteiger partial charge in [0.1, 0.15) is 0 Å². The van der Waals surface area contributed by atoms with Crippen LogP contribution in [0.3, 0.4) is 0 Å². The van der Waals surface area contributed by atoms with Gasteiger partial charge in [0.25, 0.3) is 0 Å². The van der Waals surface area contributed by atoms with Gasteiger partial charge >= 0.3 is 11.6 Å². The molecule has 0 spiro atoms. The Balaban J connectivity index is 2.59. The molecule has 0 aliphatic carbocycles. The molecule has 2 rings (SSSR count). The summed E-state index contributed by atoms with van der Waals surface area (Å²) in [5.41, 5.74) is 0.880. The molecular weight excluding hydrogens is 168 g/mol. The molecule has 4 nitrogen and oxygen atoms in total. The third kappa shape index (κ3) is 1.38. The van der Waals surface area contributed by atoms with Crippen LogP contribution in [-0.2, 0) is 0 Å². The molecule has 0 radical (unpaired) electrons. The molecule has 0 unspecified atom stereocenters. The fraction of sp³-hybridized carbons (Fsp3) is 0.111. The first-order valence-corrected chi connectivity index (χ1v) is 3.94. The van der Waals surface area contributed by atoms with E-state index in [4.69, 9.17) is 4.42 Å². The Morgan fingerprint density at radius 2 is 2.00 bits per heavy atom. The third-order valence-electron chi connectivity index (χ3n) is 1.77. The molecule has 0 atom stereocenters. The molecule has 0 aliphatic rings. The molecule has 0 saturated carbocycles. The van der Waals surface area contributed by atoms with Gasteiger partial charge in [-0.1, -0.05) is 23.3 Å². The van der Waals surface area contributed by atoms with E-state index in [1.807, 2.05) is 30.3 Å². The number of hydrogen-bond donors (Lipinski definition) is 1. The van der Waals surface area contributed by atoms with Crippen molar-refractivity contribution in [2.24, 2.45) is 0 Å². The predicted octanol–water partition coefficient (Wildman–Crippen LogP) is 0.553. The molecular formula is C9H9N2O2+. The van der Waals surface area contributed by atoms with Crippen LogP contribution in [0.2, 0.25) is 0 Å². The van der Waals surface area contributed by atoms with Crippen LogP contribution >= 0.6 is 0 Å². The molecule has 13 heavy (non-hydrogen) atoms. The Kier molecular flexibility index (Phi) is 1.73. The van der Waals surface area contributed by atoms with Crippen LogP contribution < -0.4 is 10.4 Å². The fourth-order valence-corrected chi connectivity index (χ4v) is 1.20. The fourth-order valence-electron chi connectivity index (χ4n) is 1.20. The Morgan fingerprint density at radius 3 is 2.54 bits per heavy atom. The van der Waals surface area contributed by atoms with Gasteiger partial charge in [-0.25, -0.2) is 4.79 Å². The molecule has 0 fully saturated rings. The van der Waals surface area contributed by atoms with E-state index in [1.54, 1.807) is 11.6 Å². The second-order valence-electron chi connectivity index (χ2n) is 2.69. The highest BCUT2D eigenvalue weighted by molar-refractivity contribution is 5.20. The van der Waals surface area contributed by atoms with Gasteiger partial charge in [0.2, 0.25) is 5.69 Å². The second-order valence-corrected chi connectivity index (χ2v) is 2.69. The molecule has 0 bridgehead atoms. The Labute approximate surface area is 74.4 Å². The Morgan fingerprint density at radius 1 is 1.31 bits per heavy atom. The van der Waals surface area contributed by atoms with E-state index < -0.39 is 5.76 Å². The highest BCUT2D eigenvalue weighted by Crippen LogP contribution is 1.97. The summed E-state index contributed by atoms with van der Waals surface area (Å²) in [7, 11) is 0. The first-order valence-electron chi connectivity index (χ1n) is 3.94. The van der Waals surface area contributed by atoms with Crippen LogP contribution in [0.5, 0.6) is 0 Å². The molecule has 2 aromatic rings. The van der Waals surface area contributed by atoms with Gasteiger partial charge in [0.15, 0.2) is 0 Å².